The first kappa shape index (κ1) is 17.1. The predicted octanol–water partition coefficient (Wildman–Crippen LogP) is 2.91. The number of benzene rings is 2. The van der Waals surface area contributed by atoms with E-state index in [1.165, 1.54) is 9.87 Å². The molecule has 1 aliphatic carbocycles. The van der Waals surface area contributed by atoms with Gasteiger partial charge in [-0.15, -0.1) is 0 Å². The van der Waals surface area contributed by atoms with Crippen molar-refractivity contribution in [2.24, 2.45) is 0 Å². The zero-order valence-corrected chi connectivity index (χ0v) is 15.1. The highest BCUT2D eigenvalue weighted by Crippen LogP contribution is 2.39. The molecular weight excluding hydrogens is 348 g/mol. The van der Waals surface area contributed by atoms with Crippen LogP contribution in [0, 0.1) is 0 Å². The van der Waals surface area contributed by atoms with Crippen LogP contribution in [0.3, 0.4) is 0 Å². The van der Waals surface area contributed by atoms with Gasteiger partial charge in [0, 0.05) is 29.7 Å². The van der Waals surface area contributed by atoms with Crippen LogP contribution >= 0.6 is 0 Å². The molecule has 1 heterocycles. The van der Waals surface area contributed by atoms with Crippen molar-refractivity contribution in [3.8, 4) is 0 Å². The van der Waals surface area contributed by atoms with Gasteiger partial charge in [-0.1, -0.05) is 36.4 Å². The van der Waals surface area contributed by atoms with E-state index in [2.05, 4.69) is 4.98 Å². The minimum atomic E-state index is -3.77. The molecule has 0 unspecified atom stereocenters. The second kappa shape index (κ2) is 6.79. The van der Waals surface area contributed by atoms with Crippen molar-refractivity contribution in [3.63, 3.8) is 0 Å². The second-order valence-electron chi connectivity index (χ2n) is 6.45. The highest BCUT2D eigenvalue weighted by atomic mass is 32.2. The van der Waals surface area contributed by atoms with E-state index in [1.807, 2.05) is 30.3 Å². The van der Waals surface area contributed by atoms with Crippen molar-refractivity contribution in [2.75, 3.05) is 13.2 Å². The van der Waals surface area contributed by atoms with Gasteiger partial charge in [-0.05, 0) is 36.1 Å². The van der Waals surface area contributed by atoms with Crippen molar-refractivity contribution < 1.29 is 13.5 Å². The van der Waals surface area contributed by atoms with E-state index in [0.717, 1.165) is 23.8 Å². The van der Waals surface area contributed by atoms with E-state index in [-0.39, 0.29) is 24.1 Å². The lowest BCUT2D eigenvalue weighted by Gasteiger charge is -2.28. The zero-order chi connectivity index (χ0) is 18.1. The third kappa shape index (κ3) is 2.80. The Morgan fingerprint density at radius 1 is 1.12 bits per heavy atom. The minimum Gasteiger partial charge on any atom is -0.395 e. The van der Waals surface area contributed by atoms with Crippen LogP contribution in [0.15, 0.2) is 65.8 Å². The highest BCUT2D eigenvalue weighted by Gasteiger charge is 2.36. The molecule has 0 fully saturated rings. The maximum Gasteiger partial charge on any atom is 0.244 e. The first-order valence-electron chi connectivity index (χ1n) is 8.66. The lowest BCUT2D eigenvalue weighted by molar-refractivity contribution is 0.226. The summed E-state index contributed by atoms with van der Waals surface area (Å²) in [5.74, 6) is 0. The number of fused-ring (bicyclic) bond motifs is 2. The third-order valence-electron chi connectivity index (χ3n) is 5.00. The van der Waals surface area contributed by atoms with Gasteiger partial charge < -0.3 is 5.11 Å². The summed E-state index contributed by atoms with van der Waals surface area (Å²) >= 11 is 0. The zero-order valence-electron chi connectivity index (χ0n) is 14.2. The molecule has 0 amide bonds. The second-order valence-corrected chi connectivity index (χ2v) is 8.30. The molecular formula is C20H20N2O3S. The maximum atomic E-state index is 13.5. The van der Waals surface area contributed by atoms with Crippen LogP contribution in [-0.4, -0.2) is 36.0 Å². The van der Waals surface area contributed by atoms with E-state index < -0.39 is 10.0 Å². The lowest BCUT2D eigenvalue weighted by atomic mass is 10.1. The lowest BCUT2D eigenvalue weighted by Crippen LogP contribution is -2.36. The van der Waals surface area contributed by atoms with Crippen molar-refractivity contribution in [1.29, 1.82) is 0 Å². The van der Waals surface area contributed by atoms with E-state index in [1.54, 1.807) is 30.6 Å². The maximum absolute atomic E-state index is 13.5. The van der Waals surface area contributed by atoms with Gasteiger partial charge in [-0.25, -0.2) is 8.42 Å². The van der Waals surface area contributed by atoms with Crippen molar-refractivity contribution >= 4 is 20.8 Å². The van der Waals surface area contributed by atoms with E-state index in [4.69, 9.17) is 0 Å². The van der Waals surface area contributed by atoms with Crippen molar-refractivity contribution in [2.45, 2.75) is 23.8 Å². The Hall–Kier alpha value is -2.28. The summed E-state index contributed by atoms with van der Waals surface area (Å²) in [6.07, 6.45) is 4.83. The van der Waals surface area contributed by atoms with Gasteiger partial charge in [0.25, 0.3) is 0 Å². The minimum absolute atomic E-state index is 0.0722. The van der Waals surface area contributed by atoms with Crippen molar-refractivity contribution in [1.82, 2.24) is 9.29 Å². The summed E-state index contributed by atoms with van der Waals surface area (Å²) in [7, 11) is -3.77. The van der Waals surface area contributed by atoms with Crippen molar-refractivity contribution in [3.05, 3.63) is 72.1 Å². The average molecular weight is 368 g/mol. The quantitative estimate of drug-likeness (QED) is 0.752. The average Bonchev–Trinajstić information content (AvgIpc) is 3.09. The first-order chi connectivity index (χ1) is 12.6. The topological polar surface area (TPSA) is 70.5 Å². The molecule has 6 heteroatoms. The number of aromatic nitrogens is 1. The van der Waals surface area contributed by atoms with E-state index >= 15 is 0 Å². The molecule has 0 spiro atoms. The number of nitrogens with zero attached hydrogens (tertiary/aromatic N) is 2. The number of sulfonamides is 1. The van der Waals surface area contributed by atoms with Crippen LogP contribution in [0.4, 0.5) is 0 Å². The summed E-state index contributed by atoms with van der Waals surface area (Å²) in [6, 6.07) is 14.6. The number of pyridine rings is 1. The first-order valence-corrected chi connectivity index (χ1v) is 10.1. The number of hydrogen-bond donors (Lipinski definition) is 1. The Labute approximate surface area is 153 Å². The summed E-state index contributed by atoms with van der Waals surface area (Å²) in [4.78, 5) is 4.34. The van der Waals surface area contributed by atoms with Gasteiger partial charge in [0.2, 0.25) is 10.0 Å². The molecule has 2 aromatic carbocycles. The van der Waals surface area contributed by atoms with Gasteiger partial charge in [0.1, 0.15) is 0 Å². The summed E-state index contributed by atoms with van der Waals surface area (Å²) in [5, 5.41) is 11.0. The smallest absolute Gasteiger partial charge is 0.244 e. The standard InChI is InChI=1S/C20H20N2O3S/c23-13-12-22(19-9-8-15-4-1-2-6-17(15)19)26(24,25)20-7-3-5-16-14-21-11-10-18(16)20/h1-7,10-11,14,19,23H,8-9,12-13H2/t19-/m0/s1. The number of hydrogen-bond acceptors (Lipinski definition) is 4. The number of aliphatic hydroxyl groups excluding tert-OH is 1. The van der Waals surface area contributed by atoms with Gasteiger partial charge in [0.05, 0.1) is 17.5 Å². The van der Waals surface area contributed by atoms with Crippen LogP contribution in [0.25, 0.3) is 10.8 Å². The van der Waals surface area contributed by atoms with Crippen LogP contribution in [0.1, 0.15) is 23.6 Å². The fourth-order valence-electron chi connectivity index (χ4n) is 3.82. The molecule has 0 radical (unpaired) electrons. The van der Waals surface area contributed by atoms with Gasteiger partial charge in [-0.3, -0.25) is 4.98 Å². The Kier molecular flexibility index (Phi) is 4.48. The summed E-state index contributed by atoms with van der Waals surface area (Å²) < 4.78 is 28.5. The van der Waals surface area contributed by atoms with Crippen LogP contribution < -0.4 is 0 Å². The van der Waals surface area contributed by atoms with Gasteiger partial charge >= 0.3 is 0 Å². The monoisotopic (exact) mass is 368 g/mol. The highest BCUT2D eigenvalue weighted by molar-refractivity contribution is 7.89. The van der Waals surface area contributed by atoms with Crippen LogP contribution in [0.5, 0.6) is 0 Å². The Morgan fingerprint density at radius 3 is 2.81 bits per heavy atom. The fourth-order valence-corrected chi connectivity index (χ4v) is 5.66. The molecule has 0 saturated heterocycles. The molecule has 134 valence electrons. The Balaban J connectivity index is 1.84. The molecule has 0 bridgehead atoms. The number of rotatable bonds is 5. The number of aliphatic hydroxyl groups is 1. The van der Waals surface area contributed by atoms with Gasteiger partial charge in [0.15, 0.2) is 0 Å². The molecule has 1 atom stereocenters. The largest absolute Gasteiger partial charge is 0.395 e. The molecule has 5 nitrogen and oxygen atoms in total. The van der Waals surface area contributed by atoms with E-state index in [9.17, 15) is 13.5 Å². The Bertz CT molecular complexity index is 1040. The molecule has 1 aliphatic rings. The van der Waals surface area contributed by atoms with Crippen LogP contribution in [0.2, 0.25) is 0 Å². The molecule has 26 heavy (non-hydrogen) atoms. The summed E-state index contributed by atoms with van der Waals surface area (Å²) in [5.41, 5.74) is 2.21. The molecule has 1 aromatic heterocycles. The van der Waals surface area contributed by atoms with Gasteiger partial charge in [-0.2, -0.15) is 4.31 Å². The molecule has 0 aliphatic heterocycles. The third-order valence-corrected chi connectivity index (χ3v) is 6.96. The SMILES string of the molecule is O=S(=O)(c1cccc2cnccc12)N(CCO)[C@H]1CCc2ccccc21. The Morgan fingerprint density at radius 2 is 1.96 bits per heavy atom. The fraction of sp³-hybridized carbons (Fsp3) is 0.250. The molecule has 0 saturated carbocycles. The van der Waals surface area contributed by atoms with Crippen LogP contribution in [-0.2, 0) is 16.4 Å². The normalized spacial score (nSPS) is 16.9. The molecule has 4 rings (SSSR count). The molecule has 1 N–H and O–H groups in total. The summed E-state index contributed by atoms with van der Waals surface area (Å²) in [6.45, 7) is -0.146. The molecule has 3 aromatic rings. The number of aryl methyl sites for hydroxylation is 1. The predicted molar refractivity (Wildman–Crippen MR) is 100 cm³/mol. The van der Waals surface area contributed by atoms with E-state index in [0.29, 0.717) is 5.39 Å².